The summed E-state index contributed by atoms with van der Waals surface area (Å²) in [5.74, 6) is 0.866. The summed E-state index contributed by atoms with van der Waals surface area (Å²) >= 11 is 0. The average Bonchev–Trinajstić information content (AvgIpc) is 3.04. The molecular formula is C18H25N3. The van der Waals surface area contributed by atoms with Gasteiger partial charge in [-0.3, -0.25) is 0 Å². The molecule has 1 unspecified atom stereocenters. The second-order valence-corrected chi connectivity index (χ2v) is 6.19. The molecule has 1 saturated carbocycles. The van der Waals surface area contributed by atoms with Crippen LogP contribution in [0.2, 0.25) is 0 Å². The maximum absolute atomic E-state index is 4.48. The van der Waals surface area contributed by atoms with E-state index in [9.17, 15) is 0 Å². The van der Waals surface area contributed by atoms with Crippen LogP contribution in [0.25, 0.3) is 5.69 Å². The highest BCUT2D eigenvalue weighted by Crippen LogP contribution is 2.24. The van der Waals surface area contributed by atoms with Gasteiger partial charge in [0.05, 0.1) is 11.9 Å². The Hall–Kier alpha value is -1.61. The summed E-state index contributed by atoms with van der Waals surface area (Å²) < 4.78 is 1.95. The summed E-state index contributed by atoms with van der Waals surface area (Å²) in [6.45, 7) is 3.37. The van der Waals surface area contributed by atoms with Crippen LogP contribution in [-0.4, -0.2) is 16.3 Å². The number of para-hydroxylation sites is 1. The molecule has 3 heteroatoms. The van der Waals surface area contributed by atoms with Crippen LogP contribution in [0, 0.1) is 5.92 Å². The SMILES string of the molecule is CC(NCC1CCCCC1)c1cnn(-c2ccccc2)c1. The standard InChI is InChI=1S/C18H25N3/c1-15(19-12-16-8-4-2-5-9-16)17-13-20-21(14-17)18-10-6-3-7-11-18/h3,6-7,10-11,13-16,19H,2,4-5,8-9,12H2,1H3. The summed E-state index contributed by atoms with van der Waals surface area (Å²) in [6, 6.07) is 10.6. The van der Waals surface area contributed by atoms with Crippen molar-refractivity contribution in [3.8, 4) is 5.69 Å². The van der Waals surface area contributed by atoms with Gasteiger partial charge in [0.15, 0.2) is 0 Å². The third-order valence-corrected chi connectivity index (χ3v) is 4.56. The molecule has 1 N–H and O–H groups in total. The molecule has 3 nitrogen and oxygen atoms in total. The van der Waals surface area contributed by atoms with Crippen LogP contribution in [0.4, 0.5) is 0 Å². The number of rotatable bonds is 5. The van der Waals surface area contributed by atoms with Crippen LogP contribution in [0.5, 0.6) is 0 Å². The van der Waals surface area contributed by atoms with Crippen molar-refractivity contribution >= 4 is 0 Å². The van der Waals surface area contributed by atoms with Crippen LogP contribution in [0.3, 0.4) is 0 Å². The highest BCUT2D eigenvalue weighted by atomic mass is 15.3. The quantitative estimate of drug-likeness (QED) is 0.895. The van der Waals surface area contributed by atoms with Gasteiger partial charge in [-0.05, 0) is 44.4 Å². The predicted molar refractivity (Wildman–Crippen MR) is 86.6 cm³/mol. The van der Waals surface area contributed by atoms with Crippen molar-refractivity contribution in [1.29, 1.82) is 0 Å². The molecular weight excluding hydrogens is 258 g/mol. The number of aromatic nitrogens is 2. The minimum atomic E-state index is 0.365. The second-order valence-electron chi connectivity index (χ2n) is 6.19. The predicted octanol–water partition coefficient (Wildman–Crippen LogP) is 4.10. The minimum Gasteiger partial charge on any atom is -0.310 e. The third kappa shape index (κ3) is 3.73. The van der Waals surface area contributed by atoms with E-state index in [0.717, 1.165) is 18.2 Å². The first-order valence-electron chi connectivity index (χ1n) is 8.16. The molecule has 0 bridgehead atoms. The Morgan fingerprint density at radius 3 is 2.71 bits per heavy atom. The molecule has 1 aliphatic carbocycles. The van der Waals surface area contributed by atoms with Crippen molar-refractivity contribution in [2.75, 3.05) is 6.54 Å². The average molecular weight is 283 g/mol. The summed E-state index contributed by atoms with van der Waals surface area (Å²) in [5, 5.41) is 8.16. The van der Waals surface area contributed by atoms with Crippen LogP contribution in [0.15, 0.2) is 42.7 Å². The topological polar surface area (TPSA) is 29.9 Å². The molecule has 0 spiro atoms. The van der Waals surface area contributed by atoms with Crippen LogP contribution in [0.1, 0.15) is 50.6 Å². The Morgan fingerprint density at radius 2 is 1.95 bits per heavy atom. The van der Waals surface area contributed by atoms with Crippen molar-refractivity contribution < 1.29 is 0 Å². The van der Waals surface area contributed by atoms with E-state index in [2.05, 4.69) is 35.7 Å². The molecule has 0 saturated heterocycles. The zero-order chi connectivity index (χ0) is 14.5. The van der Waals surface area contributed by atoms with Crippen molar-refractivity contribution in [1.82, 2.24) is 15.1 Å². The zero-order valence-corrected chi connectivity index (χ0v) is 12.8. The van der Waals surface area contributed by atoms with Crippen LogP contribution in [-0.2, 0) is 0 Å². The van der Waals surface area contributed by atoms with Gasteiger partial charge in [-0.25, -0.2) is 4.68 Å². The van der Waals surface area contributed by atoms with Gasteiger partial charge in [-0.2, -0.15) is 5.10 Å². The fourth-order valence-electron chi connectivity index (χ4n) is 3.13. The summed E-state index contributed by atoms with van der Waals surface area (Å²) in [6.07, 6.45) is 11.1. The van der Waals surface area contributed by atoms with Gasteiger partial charge in [0.2, 0.25) is 0 Å². The fourth-order valence-corrected chi connectivity index (χ4v) is 3.13. The van der Waals surface area contributed by atoms with Crippen molar-refractivity contribution in [3.05, 3.63) is 48.3 Å². The van der Waals surface area contributed by atoms with Crippen molar-refractivity contribution in [3.63, 3.8) is 0 Å². The molecule has 0 radical (unpaired) electrons. The molecule has 1 aromatic carbocycles. The van der Waals surface area contributed by atoms with Crippen molar-refractivity contribution in [2.45, 2.75) is 45.1 Å². The Bertz CT molecular complexity index is 541. The van der Waals surface area contributed by atoms with Gasteiger partial charge in [-0.1, -0.05) is 37.5 Å². The van der Waals surface area contributed by atoms with E-state index in [4.69, 9.17) is 0 Å². The van der Waals surface area contributed by atoms with Crippen LogP contribution >= 0.6 is 0 Å². The molecule has 1 atom stereocenters. The first-order chi connectivity index (χ1) is 10.3. The minimum absolute atomic E-state index is 0.365. The largest absolute Gasteiger partial charge is 0.310 e. The maximum Gasteiger partial charge on any atom is 0.0645 e. The Kier molecular flexibility index (Phi) is 4.71. The number of benzene rings is 1. The van der Waals surface area contributed by atoms with Gasteiger partial charge in [0.1, 0.15) is 0 Å². The Morgan fingerprint density at radius 1 is 1.19 bits per heavy atom. The highest BCUT2D eigenvalue weighted by Gasteiger charge is 2.15. The smallest absolute Gasteiger partial charge is 0.0645 e. The molecule has 2 aromatic rings. The Labute approximate surface area is 127 Å². The molecule has 0 aliphatic heterocycles. The van der Waals surface area contributed by atoms with E-state index in [-0.39, 0.29) is 0 Å². The lowest BCUT2D eigenvalue weighted by atomic mass is 9.89. The van der Waals surface area contributed by atoms with E-state index < -0.39 is 0 Å². The van der Waals surface area contributed by atoms with Gasteiger partial charge in [0, 0.05) is 17.8 Å². The zero-order valence-electron chi connectivity index (χ0n) is 12.8. The summed E-state index contributed by atoms with van der Waals surface area (Å²) in [7, 11) is 0. The first-order valence-corrected chi connectivity index (χ1v) is 8.16. The van der Waals surface area contributed by atoms with E-state index in [1.165, 1.54) is 37.7 Å². The molecule has 1 aliphatic rings. The third-order valence-electron chi connectivity index (χ3n) is 4.56. The molecule has 21 heavy (non-hydrogen) atoms. The lowest BCUT2D eigenvalue weighted by Gasteiger charge is -2.23. The fraction of sp³-hybridized carbons (Fsp3) is 0.500. The van der Waals surface area contributed by atoms with Gasteiger partial charge < -0.3 is 5.32 Å². The van der Waals surface area contributed by atoms with Crippen LogP contribution < -0.4 is 5.32 Å². The molecule has 112 valence electrons. The van der Waals surface area contributed by atoms with Gasteiger partial charge in [-0.15, -0.1) is 0 Å². The summed E-state index contributed by atoms with van der Waals surface area (Å²) in [5.41, 5.74) is 2.37. The van der Waals surface area contributed by atoms with Gasteiger partial charge in [0.25, 0.3) is 0 Å². The molecule has 1 fully saturated rings. The van der Waals surface area contributed by atoms with E-state index in [1.54, 1.807) is 0 Å². The van der Waals surface area contributed by atoms with Gasteiger partial charge >= 0.3 is 0 Å². The van der Waals surface area contributed by atoms with E-state index in [1.807, 2.05) is 29.1 Å². The number of nitrogens with one attached hydrogen (secondary N) is 1. The lowest BCUT2D eigenvalue weighted by molar-refractivity contribution is 0.331. The number of hydrogen-bond donors (Lipinski definition) is 1. The van der Waals surface area contributed by atoms with E-state index in [0.29, 0.717) is 6.04 Å². The van der Waals surface area contributed by atoms with E-state index >= 15 is 0 Å². The second kappa shape index (κ2) is 6.90. The molecule has 1 heterocycles. The monoisotopic (exact) mass is 283 g/mol. The van der Waals surface area contributed by atoms with Crippen molar-refractivity contribution in [2.24, 2.45) is 5.92 Å². The highest BCUT2D eigenvalue weighted by molar-refractivity contribution is 5.31. The first kappa shape index (κ1) is 14.3. The number of hydrogen-bond acceptors (Lipinski definition) is 2. The molecule has 0 amide bonds. The normalized spacial score (nSPS) is 17.8. The summed E-state index contributed by atoms with van der Waals surface area (Å²) in [4.78, 5) is 0. The number of nitrogens with zero attached hydrogens (tertiary/aromatic N) is 2. The maximum atomic E-state index is 4.48. The molecule has 1 aromatic heterocycles. The molecule has 3 rings (SSSR count). The lowest BCUT2D eigenvalue weighted by Crippen LogP contribution is -2.26. The Balaban J connectivity index is 1.57.